The molecule has 1 aliphatic rings. The zero-order valence-corrected chi connectivity index (χ0v) is 10.7. The largest absolute Gasteiger partial charge is 0.299 e. The Bertz CT molecular complexity index is 514. The van der Waals surface area contributed by atoms with Gasteiger partial charge in [0, 0.05) is 23.7 Å². The molecule has 1 aliphatic carbocycles. The lowest BCUT2D eigenvalue weighted by atomic mass is 9.98. The third-order valence-corrected chi connectivity index (χ3v) is 4.42. The molecule has 2 aromatic rings. The maximum absolute atomic E-state index is 12.1. The molecule has 3 nitrogen and oxygen atoms in total. The van der Waals surface area contributed by atoms with E-state index in [1.807, 2.05) is 22.2 Å². The molecule has 0 N–H and O–H groups in total. The number of imidazole rings is 1. The van der Waals surface area contributed by atoms with Crippen molar-refractivity contribution in [1.82, 2.24) is 9.38 Å². The summed E-state index contributed by atoms with van der Waals surface area (Å²) in [6, 6.07) is 0. The second kappa shape index (κ2) is 4.26. The lowest BCUT2D eigenvalue weighted by Crippen LogP contribution is -2.14. The summed E-state index contributed by atoms with van der Waals surface area (Å²) in [6.45, 7) is 2.24. The smallest absolute Gasteiger partial charge is 0.193 e. The SMILES string of the molecule is CC1CCC(C(=O)Cc2cn3ccsc3n2)C1. The average Bonchev–Trinajstić information content (AvgIpc) is 2.92. The number of thiazole rings is 1. The van der Waals surface area contributed by atoms with Gasteiger partial charge in [0.25, 0.3) is 0 Å². The summed E-state index contributed by atoms with van der Waals surface area (Å²) in [4.78, 5) is 17.6. The molecule has 2 unspecified atom stereocenters. The molecule has 2 atom stereocenters. The summed E-state index contributed by atoms with van der Waals surface area (Å²) in [5.74, 6) is 1.37. The van der Waals surface area contributed by atoms with E-state index in [0.29, 0.717) is 12.2 Å². The van der Waals surface area contributed by atoms with Crippen molar-refractivity contribution in [2.75, 3.05) is 0 Å². The first kappa shape index (κ1) is 11.0. The normalized spacial score (nSPS) is 24.5. The second-order valence-corrected chi connectivity index (χ2v) is 5.96. The fraction of sp³-hybridized carbons (Fsp3) is 0.538. The highest BCUT2D eigenvalue weighted by Crippen LogP contribution is 2.31. The summed E-state index contributed by atoms with van der Waals surface area (Å²) in [6.07, 6.45) is 7.81. The summed E-state index contributed by atoms with van der Waals surface area (Å²) < 4.78 is 1.99. The van der Waals surface area contributed by atoms with Crippen molar-refractivity contribution in [2.45, 2.75) is 32.6 Å². The predicted octanol–water partition coefficient (Wildman–Crippen LogP) is 2.94. The van der Waals surface area contributed by atoms with Crippen LogP contribution >= 0.6 is 11.3 Å². The van der Waals surface area contributed by atoms with Crippen LogP contribution in [0.2, 0.25) is 0 Å². The number of nitrogens with zero attached hydrogens (tertiary/aromatic N) is 2. The molecule has 2 heterocycles. The number of rotatable bonds is 3. The number of aromatic nitrogens is 2. The molecule has 17 heavy (non-hydrogen) atoms. The predicted molar refractivity (Wildman–Crippen MR) is 68.3 cm³/mol. The molecule has 1 fully saturated rings. The molecule has 0 amide bonds. The van der Waals surface area contributed by atoms with Gasteiger partial charge in [-0.25, -0.2) is 4.98 Å². The Morgan fingerprint density at radius 2 is 2.47 bits per heavy atom. The summed E-state index contributed by atoms with van der Waals surface area (Å²) in [7, 11) is 0. The van der Waals surface area contributed by atoms with Gasteiger partial charge in [0.05, 0.1) is 12.1 Å². The van der Waals surface area contributed by atoms with Gasteiger partial charge in [-0.3, -0.25) is 9.20 Å². The van der Waals surface area contributed by atoms with E-state index in [9.17, 15) is 4.79 Å². The van der Waals surface area contributed by atoms with Gasteiger partial charge in [0.2, 0.25) is 0 Å². The summed E-state index contributed by atoms with van der Waals surface area (Å²) in [5, 5.41) is 2.01. The number of hydrogen-bond donors (Lipinski definition) is 0. The lowest BCUT2D eigenvalue weighted by Gasteiger charge is -2.06. The van der Waals surface area contributed by atoms with Crippen molar-refractivity contribution in [3.63, 3.8) is 0 Å². The zero-order chi connectivity index (χ0) is 11.8. The Labute approximate surface area is 104 Å². The van der Waals surface area contributed by atoms with Crippen LogP contribution in [0.1, 0.15) is 31.9 Å². The number of Topliss-reactive ketones (excluding diaryl/α,β-unsaturated/α-hetero) is 1. The van der Waals surface area contributed by atoms with Crippen molar-refractivity contribution in [3.8, 4) is 0 Å². The molecule has 4 heteroatoms. The van der Waals surface area contributed by atoms with Crippen LogP contribution in [0.4, 0.5) is 0 Å². The van der Waals surface area contributed by atoms with E-state index in [1.54, 1.807) is 11.3 Å². The van der Waals surface area contributed by atoms with Crippen LogP contribution < -0.4 is 0 Å². The molecule has 3 rings (SSSR count). The van der Waals surface area contributed by atoms with E-state index in [2.05, 4.69) is 11.9 Å². The quantitative estimate of drug-likeness (QED) is 0.837. The number of fused-ring (bicyclic) bond motifs is 1. The molecular weight excluding hydrogens is 232 g/mol. The molecule has 0 bridgehead atoms. The van der Waals surface area contributed by atoms with Gasteiger partial charge < -0.3 is 0 Å². The van der Waals surface area contributed by atoms with Gasteiger partial charge in [-0.15, -0.1) is 11.3 Å². The molecule has 90 valence electrons. The van der Waals surface area contributed by atoms with Crippen LogP contribution in [0.25, 0.3) is 4.96 Å². The van der Waals surface area contributed by atoms with Gasteiger partial charge in [0.15, 0.2) is 4.96 Å². The summed E-state index contributed by atoms with van der Waals surface area (Å²) >= 11 is 1.61. The monoisotopic (exact) mass is 248 g/mol. The number of carbonyl (C=O) groups is 1. The van der Waals surface area contributed by atoms with Gasteiger partial charge >= 0.3 is 0 Å². The Hall–Kier alpha value is -1.16. The molecule has 2 aromatic heterocycles. The molecule has 0 aliphatic heterocycles. The van der Waals surface area contributed by atoms with E-state index < -0.39 is 0 Å². The average molecular weight is 248 g/mol. The Kier molecular flexibility index (Phi) is 2.74. The van der Waals surface area contributed by atoms with Crippen LogP contribution in [0.15, 0.2) is 17.8 Å². The van der Waals surface area contributed by atoms with E-state index in [1.165, 1.54) is 6.42 Å². The first-order valence-electron chi connectivity index (χ1n) is 6.16. The van der Waals surface area contributed by atoms with Gasteiger partial charge in [0.1, 0.15) is 5.78 Å². The number of ketones is 1. The standard InChI is InChI=1S/C13H16N2OS/c1-9-2-3-10(6-9)12(16)7-11-8-15-4-5-17-13(15)14-11/h4-5,8-10H,2-3,6-7H2,1H3. The van der Waals surface area contributed by atoms with E-state index in [0.717, 1.165) is 29.4 Å². The van der Waals surface area contributed by atoms with E-state index in [-0.39, 0.29) is 5.92 Å². The number of carbonyl (C=O) groups excluding carboxylic acids is 1. The van der Waals surface area contributed by atoms with Crippen molar-refractivity contribution in [1.29, 1.82) is 0 Å². The van der Waals surface area contributed by atoms with Crippen LogP contribution in [-0.4, -0.2) is 15.2 Å². The van der Waals surface area contributed by atoms with Crippen molar-refractivity contribution < 1.29 is 4.79 Å². The minimum absolute atomic E-state index is 0.282. The number of hydrogen-bond acceptors (Lipinski definition) is 3. The molecule has 0 aromatic carbocycles. The van der Waals surface area contributed by atoms with Gasteiger partial charge in [-0.2, -0.15) is 0 Å². The molecule has 1 saturated carbocycles. The Balaban J connectivity index is 1.70. The minimum atomic E-state index is 0.282. The summed E-state index contributed by atoms with van der Waals surface area (Å²) in [5.41, 5.74) is 0.918. The molecule has 0 saturated heterocycles. The van der Waals surface area contributed by atoms with Crippen molar-refractivity contribution in [2.24, 2.45) is 11.8 Å². The minimum Gasteiger partial charge on any atom is -0.299 e. The molecular formula is C13H16N2OS. The second-order valence-electron chi connectivity index (χ2n) is 5.08. The maximum atomic E-state index is 12.1. The molecule has 0 spiro atoms. The third kappa shape index (κ3) is 2.14. The Morgan fingerprint density at radius 3 is 3.18 bits per heavy atom. The first-order valence-corrected chi connectivity index (χ1v) is 7.04. The maximum Gasteiger partial charge on any atom is 0.193 e. The lowest BCUT2D eigenvalue weighted by molar-refractivity contribution is -0.122. The Morgan fingerprint density at radius 1 is 1.59 bits per heavy atom. The molecule has 0 radical (unpaired) electrons. The van der Waals surface area contributed by atoms with Gasteiger partial charge in [-0.05, 0) is 25.2 Å². The van der Waals surface area contributed by atoms with E-state index >= 15 is 0 Å². The fourth-order valence-corrected chi connectivity index (χ4v) is 3.40. The van der Waals surface area contributed by atoms with Crippen LogP contribution in [0.5, 0.6) is 0 Å². The van der Waals surface area contributed by atoms with Crippen LogP contribution in [0.3, 0.4) is 0 Å². The van der Waals surface area contributed by atoms with E-state index in [4.69, 9.17) is 0 Å². The third-order valence-electron chi connectivity index (χ3n) is 3.65. The highest BCUT2D eigenvalue weighted by Gasteiger charge is 2.27. The highest BCUT2D eigenvalue weighted by molar-refractivity contribution is 7.15. The topological polar surface area (TPSA) is 34.4 Å². The highest BCUT2D eigenvalue weighted by atomic mass is 32.1. The van der Waals surface area contributed by atoms with Crippen LogP contribution in [-0.2, 0) is 11.2 Å². The first-order chi connectivity index (χ1) is 8.22. The van der Waals surface area contributed by atoms with Crippen molar-refractivity contribution >= 4 is 22.1 Å². The zero-order valence-electron chi connectivity index (χ0n) is 9.93. The fourth-order valence-electron chi connectivity index (χ4n) is 2.68. The van der Waals surface area contributed by atoms with Crippen LogP contribution in [0, 0.1) is 11.8 Å². The van der Waals surface area contributed by atoms with Gasteiger partial charge in [-0.1, -0.05) is 6.92 Å². The van der Waals surface area contributed by atoms with Crippen molar-refractivity contribution in [3.05, 3.63) is 23.5 Å².